The van der Waals surface area contributed by atoms with Crippen molar-refractivity contribution in [3.63, 3.8) is 0 Å². The molecule has 2 aliphatic rings. The molecule has 4 heterocycles. The Bertz CT molecular complexity index is 1210. The van der Waals surface area contributed by atoms with Gasteiger partial charge in [-0.1, -0.05) is 26.2 Å². The normalized spacial score (nSPS) is 15.9. The Morgan fingerprint density at radius 2 is 1.80 bits per heavy atom. The van der Waals surface area contributed by atoms with E-state index in [-0.39, 0.29) is 6.03 Å². The second-order valence-corrected chi connectivity index (χ2v) is 8.66. The number of nitrogens with one attached hydrogen (secondary N) is 2. The molecule has 9 heteroatoms. The number of carbonyl (C=O) groups is 1. The Kier molecular flexibility index (Phi) is 7.63. The standard InChI is InChI=1S/C23H24N8O.C3H8/c1-3-16-14-20(31-9-8-24-23(31)32)27-21-19(16)15-25-22(28-21)26-17-4-6-18(7-5-17)30-12-10-29(2)11-13-30;1-3-2/h1,4-7,14-15H,8-13H2,2H3,(H,24,32)(H,25,26,27,28);3H2,1-2H3. The van der Waals surface area contributed by atoms with Crippen LogP contribution >= 0.6 is 0 Å². The van der Waals surface area contributed by atoms with Gasteiger partial charge in [0.05, 0.1) is 5.39 Å². The van der Waals surface area contributed by atoms with Gasteiger partial charge in [0.25, 0.3) is 0 Å². The molecule has 1 aromatic carbocycles. The zero-order chi connectivity index (χ0) is 24.8. The van der Waals surface area contributed by atoms with Gasteiger partial charge in [-0.15, -0.1) is 6.42 Å². The lowest BCUT2D eigenvalue weighted by Crippen LogP contribution is -2.44. The van der Waals surface area contributed by atoms with E-state index >= 15 is 0 Å². The highest BCUT2D eigenvalue weighted by atomic mass is 16.2. The van der Waals surface area contributed by atoms with Crippen LogP contribution in [0.2, 0.25) is 0 Å². The molecule has 2 N–H and O–H groups in total. The van der Waals surface area contributed by atoms with Crippen molar-refractivity contribution in [3.05, 3.63) is 42.1 Å². The number of pyridine rings is 1. The minimum absolute atomic E-state index is 0.187. The molecular weight excluding hydrogens is 440 g/mol. The van der Waals surface area contributed by atoms with Crippen LogP contribution in [0.5, 0.6) is 0 Å². The van der Waals surface area contributed by atoms with E-state index in [1.165, 1.54) is 12.1 Å². The van der Waals surface area contributed by atoms with E-state index in [0.29, 0.717) is 41.5 Å². The van der Waals surface area contributed by atoms with E-state index in [1.54, 1.807) is 17.2 Å². The molecule has 0 bridgehead atoms. The molecule has 9 nitrogen and oxygen atoms in total. The van der Waals surface area contributed by atoms with E-state index in [0.717, 1.165) is 31.9 Å². The molecule has 0 radical (unpaired) electrons. The maximum absolute atomic E-state index is 12.0. The quantitative estimate of drug-likeness (QED) is 0.562. The van der Waals surface area contributed by atoms with Crippen LogP contribution in [0, 0.1) is 12.3 Å². The summed E-state index contributed by atoms with van der Waals surface area (Å²) in [6.45, 7) is 9.55. The van der Waals surface area contributed by atoms with E-state index in [1.807, 2.05) is 12.1 Å². The fourth-order valence-electron chi connectivity index (χ4n) is 3.95. The maximum Gasteiger partial charge on any atom is 0.323 e. The zero-order valence-electron chi connectivity index (χ0n) is 20.6. The zero-order valence-corrected chi connectivity index (χ0v) is 20.6. The first-order valence-corrected chi connectivity index (χ1v) is 12.0. The topological polar surface area (TPSA) is 89.5 Å². The number of aromatic nitrogens is 3. The Morgan fingerprint density at radius 3 is 2.43 bits per heavy atom. The van der Waals surface area contributed by atoms with Crippen LogP contribution in [-0.2, 0) is 0 Å². The molecular formula is C26H32N8O. The van der Waals surface area contributed by atoms with Crippen molar-refractivity contribution in [2.24, 2.45) is 0 Å². The Balaban J connectivity index is 0.000000917. The number of terminal acetylenes is 1. The molecule has 2 aromatic heterocycles. The number of carbonyl (C=O) groups excluding carboxylic acids is 1. The van der Waals surface area contributed by atoms with Crippen molar-refractivity contribution < 1.29 is 4.79 Å². The van der Waals surface area contributed by atoms with E-state index in [4.69, 9.17) is 6.42 Å². The summed E-state index contributed by atoms with van der Waals surface area (Å²) in [5.41, 5.74) is 3.14. The second kappa shape index (κ2) is 11.0. The number of piperazine rings is 1. The number of hydrogen-bond acceptors (Lipinski definition) is 7. The van der Waals surface area contributed by atoms with Crippen molar-refractivity contribution in [3.8, 4) is 12.3 Å². The molecule has 0 atom stereocenters. The first kappa shape index (κ1) is 24.2. The summed E-state index contributed by atoms with van der Waals surface area (Å²) in [5, 5.41) is 6.68. The number of amides is 2. The SMILES string of the molecule is C#Cc1cc(N2CCNC2=O)nc2nc(Nc3ccc(N4CCN(C)CC4)cc3)ncc12.CCC. The molecule has 5 rings (SSSR count). The highest BCUT2D eigenvalue weighted by Gasteiger charge is 2.23. The smallest absolute Gasteiger partial charge is 0.323 e. The van der Waals surface area contributed by atoms with Crippen LogP contribution in [0.15, 0.2) is 36.5 Å². The molecule has 2 aliphatic heterocycles. The lowest BCUT2D eigenvalue weighted by Gasteiger charge is -2.34. The molecule has 0 saturated carbocycles. The highest BCUT2D eigenvalue weighted by Crippen LogP contribution is 2.25. The van der Waals surface area contributed by atoms with Crippen molar-refractivity contribution in [2.45, 2.75) is 20.3 Å². The lowest BCUT2D eigenvalue weighted by molar-refractivity contribution is 0.252. The molecule has 35 heavy (non-hydrogen) atoms. The van der Waals surface area contributed by atoms with Crippen LogP contribution in [0.3, 0.4) is 0 Å². The van der Waals surface area contributed by atoms with E-state index < -0.39 is 0 Å². The number of likely N-dealkylation sites (N-methyl/N-ethyl adjacent to an activating group) is 1. The van der Waals surface area contributed by atoms with Crippen LogP contribution in [-0.4, -0.2) is 72.2 Å². The second-order valence-electron chi connectivity index (χ2n) is 8.66. The molecule has 2 fully saturated rings. The third-order valence-corrected chi connectivity index (χ3v) is 5.83. The number of urea groups is 1. The van der Waals surface area contributed by atoms with Gasteiger partial charge < -0.3 is 20.4 Å². The van der Waals surface area contributed by atoms with Crippen molar-refractivity contribution in [1.82, 2.24) is 25.2 Å². The van der Waals surface area contributed by atoms with Gasteiger partial charge in [-0.25, -0.2) is 14.8 Å². The number of hydrogen-bond donors (Lipinski definition) is 2. The fourth-order valence-corrected chi connectivity index (χ4v) is 3.95. The predicted molar refractivity (Wildman–Crippen MR) is 141 cm³/mol. The summed E-state index contributed by atoms with van der Waals surface area (Å²) in [6.07, 6.45) is 8.60. The lowest BCUT2D eigenvalue weighted by atomic mass is 10.2. The van der Waals surface area contributed by atoms with Gasteiger partial charge in [0.1, 0.15) is 5.82 Å². The first-order chi connectivity index (χ1) is 17.0. The van der Waals surface area contributed by atoms with Gasteiger partial charge in [0.15, 0.2) is 5.65 Å². The summed E-state index contributed by atoms with van der Waals surface area (Å²) in [6, 6.07) is 9.79. The third-order valence-electron chi connectivity index (χ3n) is 5.83. The van der Waals surface area contributed by atoms with Gasteiger partial charge in [0.2, 0.25) is 5.95 Å². The van der Waals surface area contributed by atoms with Gasteiger partial charge in [0, 0.05) is 62.4 Å². The summed E-state index contributed by atoms with van der Waals surface area (Å²) >= 11 is 0. The average Bonchev–Trinajstić information content (AvgIpc) is 3.30. The van der Waals surface area contributed by atoms with E-state index in [9.17, 15) is 4.79 Å². The van der Waals surface area contributed by atoms with Crippen molar-refractivity contribution in [2.75, 3.05) is 61.4 Å². The summed E-state index contributed by atoms with van der Waals surface area (Å²) < 4.78 is 0. The maximum atomic E-state index is 12.0. The fraction of sp³-hybridized carbons (Fsp3) is 0.385. The van der Waals surface area contributed by atoms with Crippen molar-refractivity contribution >= 4 is 40.2 Å². The number of nitrogens with zero attached hydrogens (tertiary/aromatic N) is 6. The van der Waals surface area contributed by atoms with Gasteiger partial charge in [-0.05, 0) is 37.4 Å². The minimum Gasteiger partial charge on any atom is -0.369 e. The van der Waals surface area contributed by atoms with Crippen LogP contribution in [0.25, 0.3) is 11.0 Å². The van der Waals surface area contributed by atoms with Gasteiger partial charge in [-0.3, -0.25) is 4.90 Å². The predicted octanol–water partition coefficient (Wildman–Crippen LogP) is 3.45. The number of anilines is 4. The van der Waals surface area contributed by atoms with Gasteiger partial charge in [-0.2, -0.15) is 4.98 Å². The molecule has 182 valence electrons. The first-order valence-electron chi connectivity index (χ1n) is 12.0. The number of fused-ring (bicyclic) bond motifs is 1. The van der Waals surface area contributed by atoms with Crippen LogP contribution < -0.4 is 20.4 Å². The molecule has 2 saturated heterocycles. The van der Waals surface area contributed by atoms with E-state index in [2.05, 4.69) is 74.3 Å². The number of rotatable bonds is 4. The Labute approximate surface area is 206 Å². The molecule has 0 unspecified atom stereocenters. The largest absolute Gasteiger partial charge is 0.369 e. The molecule has 2 amide bonds. The summed E-state index contributed by atoms with van der Waals surface area (Å²) in [4.78, 5) is 31.9. The van der Waals surface area contributed by atoms with Gasteiger partial charge >= 0.3 is 6.03 Å². The summed E-state index contributed by atoms with van der Waals surface area (Å²) in [7, 11) is 2.15. The highest BCUT2D eigenvalue weighted by molar-refractivity contribution is 5.95. The monoisotopic (exact) mass is 472 g/mol. The summed E-state index contributed by atoms with van der Waals surface area (Å²) in [5.74, 6) is 3.56. The van der Waals surface area contributed by atoms with Crippen LogP contribution in [0.1, 0.15) is 25.8 Å². The van der Waals surface area contributed by atoms with Crippen LogP contribution in [0.4, 0.5) is 27.9 Å². The molecule has 0 aliphatic carbocycles. The average molecular weight is 473 g/mol. The molecule has 3 aromatic rings. The third kappa shape index (κ3) is 5.61. The Morgan fingerprint density at radius 1 is 1.09 bits per heavy atom. The minimum atomic E-state index is -0.187. The van der Waals surface area contributed by atoms with Crippen molar-refractivity contribution in [1.29, 1.82) is 0 Å². The molecule has 0 spiro atoms. The Hall–Kier alpha value is -3.90. The number of benzene rings is 1.